The Morgan fingerprint density at radius 1 is 0.920 bits per heavy atom. The van der Waals surface area contributed by atoms with Gasteiger partial charge in [0.25, 0.3) is 5.82 Å². The first-order chi connectivity index (χ1) is 12.4. The summed E-state index contributed by atoms with van der Waals surface area (Å²) in [6, 6.07) is 12.6. The van der Waals surface area contributed by atoms with Gasteiger partial charge in [-0.15, -0.1) is 0 Å². The van der Waals surface area contributed by atoms with Crippen molar-refractivity contribution in [2.24, 2.45) is 0 Å². The summed E-state index contributed by atoms with van der Waals surface area (Å²) >= 11 is 0. The Bertz CT molecular complexity index is 1260. The molecule has 0 radical (unpaired) electrons. The standard InChI is InChI=1S/C20H14N5/c1-2-4-15(5-3-1)25-18-13-23-9-8-22-11-17(23)19(18)24-12-14-6-7-21-10-16(14)20(24)25/h1-11,13H,12H2/q+1. The summed E-state index contributed by atoms with van der Waals surface area (Å²) in [5, 5.41) is 0. The van der Waals surface area contributed by atoms with E-state index in [1.807, 2.05) is 37.1 Å². The molecule has 5 heteroatoms. The number of hydrogen-bond acceptors (Lipinski definition) is 2. The highest BCUT2D eigenvalue weighted by molar-refractivity contribution is 5.92. The molecule has 5 nitrogen and oxygen atoms in total. The van der Waals surface area contributed by atoms with Crippen LogP contribution in [0, 0.1) is 0 Å². The van der Waals surface area contributed by atoms with Crippen molar-refractivity contribution in [3.8, 4) is 17.1 Å². The van der Waals surface area contributed by atoms with Crippen LogP contribution in [-0.2, 0) is 6.54 Å². The van der Waals surface area contributed by atoms with Crippen LogP contribution < -0.4 is 4.57 Å². The molecule has 1 aromatic carbocycles. The van der Waals surface area contributed by atoms with Crippen LogP contribution in [0.3, 0.4) is 0 Å². The molecule has 25 heavy (non-hydrogen) atoms. The summed E-state index contributed by atoms with van der Waals surface area (Å²) < 4.78 is 6.85. The summed E-state index contributed by atoms with van der Waals surface area (Å²) in [6.45, 7) is 0.859. The minimum absolute atomic E-state index is 0.859. The first-order valence-corrected chi connectivity index (χ1v) is 8.29. The zero-order valence-corrected chi connectivity index (χ0v) is 13.4. The number of rotatable bonds is 1. The lowest BCUT2D eigenvalue weighted by Gasteiger charge is -2.01. The minimum atomic E-state index is 0.859. The molecule has 0 amide bonds. The summed E-state index contributed by atoms with van der Waals surface area (Å²) in [7, 11) is 0. The lowest BCUT2D eigenvalue weighted by atomic mass is 10.1. The largest absolute Gasteiger partial charge is 0.313 e. The van der Waals surface area contributed by atoms with Gasteiger partial charge in [0.05, 0.1) is 18.0 Å². The van der Waals surface area contributed by atoms with Crippen molar-refractivity contribution in [3.05, 3.63) is 79.1 Å². The van der Waals surface area contributed by atoms with Crippen LogP contribution in [0.1, 0.15) is 5.56 Å². The maximum Gasteiger partial charge on any atom is 0.297 e. The van der Waals surface area contributed by atoms with Gasteiger partial charge >= 0.3 is 0 Å². The van der Waals surface area contributed by atoms with E-state index in [2.05, 4.69) is 60.0 Å². The monoisotopic (exact) mass is 324 g/mol. The highest BCUT2D eigenvalue weighted by atomic mass is 15.2. The van der Waals surface area contributed by atoms with Crippen molar-refractivity contribution in [1.82, 2.24) is 18.9 Å². The summed E-state index contributed by atoms with van der Waals surface area (Å²) in [5.74, 6) is 1.19. The van der Waals surface area contributed by atoms with E-state index >= 15 is 0 Å². The average molecular weight is 324 g/mol. The third-order valence-corrected chi connectivity index (χ3v) is 5.01. The van der Waals surface area contributed by atoms with Crippen LogP contribution in [0.5, 0.6) is 0 Å². The fourth-order valence-corrected chi connectivity index (χ4v) is 3.96. The molecule has 0 saturated carbocycles. The van der Waals surface area contributed by atoms with Crippen LogP contribution in [0.25, 0.3) is 33.6 Å². The summed E-state index contributed by atoms with van der Waals surface area (Å²) in [4.78, 5) is 8.70. The molecule has 0 fully saturated rings. The van der Waals surface area contributed by atoms with Gasteiger partial charge in [0.15, 0.2) is 5.52 Å². The van der Waals surface area contributed by atoms with E-state index in [0.717, 1.165) is 17.7 Å². The van der Waals surface area contributed by atoms with Gasteiger partial charge in [-0.25, -0.2) is 4.57 Å². The molecule has 0 bridgehead atoms. The van der Waals surface area contributed by atoms with E-state index in [0.29, 0.717) is 0 Å². The van der Waals surface area contributed by atoms with E-state index in [9.17, 15) is 0 Å². The van der Waals surface area contributed by atoms with Crippen LogP contribution in [0.4, 0.5) is 0 Å². The number of fused-ring (bicyclic) bond motifs is 7. The van der Waals surface area contributed by atoms with E-state index < -0.39 is 0 Å². The fourth-order valence-electron chi connectivity index (χ4n) is 3.96. The topological polar surface area (TPSA) is 39.0 Å². The van der Waals surface area contributed by atoms with Crippen molar-refractivity contribution in [2.45, 2.75) is 6.54 Å². The Labute approximate surface area is 143 Å². The predicted octanol–water partition coefficient (Wildman–Crippen LogP) is 2.99. The number of aromatic nitrogens is 5. The first-order valence-electron chi connectivity index (χ1n) is 8.29. The van der Waals surface area contributed by atoms with Gasteiger partial charge in [0, 0.05) is 30.4 Å². The van der Waals surface area contributed by atoms with E-state index in [4.69, 9.17) is 0 Å². The predicted molar refractivity (Wildman–Crippen MR) is 94.6 cm³/mol. The van der Waals surface area contributed by atoms with Crippen LogP contribution in [0.15, 0.2) is 73.6 Å². The maximum atomic E-state index is 4.36. The molecule has 5 heterocycles. The fraction of sp³-hybridized carbons (Fsp3) is 0.0500. The van der Waals surface area contributed by atoms with Gasteiger partial charge in [-0.2, -0.15) is 4.57 Å². The third kappa shape index (κ3) is 1.59. The van der Waals surface area contributed by atoms with Gasteiger partial charge in [0.2, 0.25) is 5.52 Å². The van der Waals surface area contributed by atoms with Gasteiger partial charge in [-0.3, -0.25) is 9.97 Å². The van der Waals surface area contributed by atoms with Crippen LogP contribution in [-0.4, -0.2) is 18.9 Å². The van der Waals surface area contributed by atoms with Crippen molar-refractivity contribution >= 4 is 16.6 Å². The van der Waals surface area contributed by atoms with E-state index in [1.54, 1.807) is 0 Å². The zero-order chi connectivity index (χ0) is 16.4. The number of pyridine rings is 1. The molecular formula is C20H14N5+. The number of imidazole rings is 1. The van der Waals surface area contributed by atoms with Crippen molar-refractivity contribution in [2.75, 3.05) is 0 Å². The van der Waals surface area contributed by atoms with Crippen molar-refractivity contribution in [1.29, 1.82) is 0 Å². The molecule has 0 aliphatic carbocycles. The Morgan fingerprint density at radius 2 is 1.80 bits per heavy atom. The molecule has 1 aliphatic rings. The molecule has 118 valence electrons. The second kappa shape index (κ2) is 4.54. The Kier molecular flexibility index (Phi) is 2.34. The molecule has 1 aliphatic heterocycles. The van der Waals surface area contributed by atoms with Gasteiger partial charge in [0.1, 0.15) is 17.7 Å². The molecule has 0 atom stereocenters. The van der Waals surface area contributed by atoms with Crippen LogP contribution >= 0.6 is 0 Å². The molecule has 0 spiro atoms. The highest BCUT2D eigenvalue weighted by Gasteiger charge is 2.36. The SMILES string of the molecule is c1ccc(-n2c3[n+](c4c2cn2ccncc42)Cc2ccncc2-3)cc1. The molecule has 6 rings (SSSR count). The zero-order valence-electron chi connectivity index (χ0n) is 13.4. The summed E-state index contributed by atoms with van der Waals surface area (Å²) in [5.41, 5.74) is 7.17. The van der Waals surface area contributed by atoms with Crippen molar-refractivity contribution < 1.29 is 4.57 Å². The second-order valence-electron chi connectivity index (χ2n) is 6.35. The quantitative estimate of drug-likeness (QED) is 0.436. The lowest BCUT2D eigenvalue weighted by Crippen LogP contribution is -2.31. The number of nitrogens with zero attached hydrogens (tertiary/aromatic N) is 5. The van der Waals surface area contributed by atoms with Gasteiger partial charge in [-0.05, 0) is 18.2 Å². The average Bonchev–Trinajstić information content (AvgIpc) is 3.29. The summed E-state index contributed by atoms with van der Waals surface area (Å²) in [6.07, 6.45) is 11.8. The molecule has 0 N–H and O–H groups in total. The van der Waals surface area contributed by atoms with Gasteiger partial charge in [-0.1, -0.05) is 18.2 Å². The number of hydrogen-bond donors (Lipinski definition) is 0. The molecular weight excluding hydrogens is 310 g/mol. The Morgan fingerprint density at radius 3 is 2.72 bits per heavy atom. The van der Waals surface area contributed by atoms with E-state index in [-0.39, 0.29) is 0 Å². The first kappa shape index (κ1) is 12.9. The van der Waals surface area contributed by atoms with Crippen LogP contribution in [0.2, 0.25) is 0 Å². The lowest BCUT2D eigenvalue weighted by molar-refractivity contribution is -0.645. The second-order valence-corrected chi connectivity index (χ2v) is 6.35. The highest BCUT2D eigenvalue weighted by Crippen LogP contribution is 2.35. The van der Waals surface area contributed by atoms with E-state index in [1.165, 1.54) is 28.0 Å². The van der Waals surface area contributed by atoms with Gasteiger partial charge < -0.3 is 4.40 Å². The Hall–Kier alpha value is -3.47. The van der Waals surface area contributed by atoms with Crippen molar-refractivity contribution in [3.63, 3.8) is 0 Å². The third-order valence-electron chi connectivity index (χ3n) is 5.01. The number of para-hydroxylation sites is 1. The molecule has 0 unspecified atom stereocenters. The normalized spacial score (nSPS) is 12.6. The smallest absolute Gasteiger partial charge is 0.297 e. The molecule has 0 saturated heterocycles. The molecule has 4 aromatic heterocycles. The molecule has 5 aromatic rings. The minimum Gasteiger partial charge on any atom is -0.313 e. The number of benzene rings is 1. The Balaban J connectivity index is 1.83. The maximum absolute atomic E-state index is 4.36.